The second-order valence-electron chi connectivity index (χ2n) is 9.70. The van der Waals surface area contributed by atoms with Crippen molar-refractivity contribution in [3.8, 4) is 0 Å². The zero-order valence-electron chi connectivity index (χ0n) is 20.0. The zero-order chi connectivity index (χ0) is 25.4. The number of nitrogens with zero attached hydrogens (tertiary/aromatic N) is 1. The average Bonchev–Trinajstić information content (AvgIpc) is 3.53. The van der Waals surface area contributed by atoms with Gasteiger partial charge in [0.05, 0.1) is 30.6 Å². The van der Waals surface area contributed by atoms with Crippen LogP contribution in [0.3, 0.4) is 0 Å². The van der Waals surface area contributed by atoms with Crippen molar-refractivity contribution in [2.45, 2.75) is 50.0 Å². The molecule has 0 aromatic heterocycles. The van der Waals surface area contributed by atoms with Gasteiger partial charge < -0.3 is 25.4 Å². The monoisotopic (exact) mass is 511 g/mol. The molecule has 1 spiro atoms. The number of carbonyl (C=O) groups excluding carboxylic acids is 3. The van der Waals surface area contributed by atoms with Gasteiger partial charge in [-0.25, -0.2) is 0 Å². The number of anilines is 1. The molecule has 3 amide bonds. The summed E-state index contributed by atoms with van der Waals surface area (Å²) in [6.07, 6.45) is 1.41. The molecule has 3 aliphatic rings. The van der Waals surface area contributed by atoms with Crippen LogP contribution in [0.1, 0.15) is 37.8 Å². The minimum atomic E-state index is -1.14. The van der Waals surface area contributed by atoms with Crippen molar-refractivity contribution >= 4 is 35.0 Å². The number of amides is 3. The summed E-state index contributed by atoms with van der Waals surface area (Å²) < 4.78 is 6.43. The van der Waals surface area contributed by atoms with Gasteiger partial charge in [-0.3, -0.25) is 14.4 Å². The topological polar surface area (TPSA) is 108 Å². The van der Waals surface area contributed by atoms with E-state index in [2.05, 4.69) is 10.6 Å². The quantitative estimate of drug-likeness (QED) is 0.505. The van der Waals surface area contributed by atoms with E-state index in [9.17, 15) is 19.5 Å². The standard InChI is InChI=1S/C27H30ClN3O5/c1-2-14-29-24(33)21-20-12-13-27(36-20)22(21)26(35)31(19(15-32)16-6-4-3-5-7-16)23(27)25(34)30-18-10-8-17(28)9-11-18/h3-11,19-23,32H,2,12-15H2,1H3,(H,29,33)(H,30,34)/t19-,20+,21-,22+,23?,27?/m1/s1. The van der Waals surface area contributed by atoms with Crippen molar-refractivity contribution in [2.75, 3.05) is 18.5 Å². The first-order valence-electron chi connectivity index (χ1n) is 12.4. The van der Waals surface area contributed by atoms with Crippen LogP contribution < -0.4 is 10.6 Å². The SMILES string of the molecule is CCCNC(=O)[C@@H]1[C@@H]2CCC3(O2)C(C(=O)Nc2ccc(Cl)cc2)N([C@H](CO)c2ccccc2)C(=O)[C@H]13. The normalized spacial score (nSPS) is 29.2. The van der Waals surface area contributed by atoms with E-state index in [0.29, 0.717) is 35.7 Å². The lowest BCUT2D eigenvalue weighted by Crippen LogP contribution is -2.54. The number of hydrogen-bond donors (Lipinski definition) is 3. The molecule has 0 aliphatic carbocycles. The molecule has 3 fully saturated rings. The summed E-state index contributed by atoms with van der Waals surface area (Å²) in [5.74, 6) is -2.46. The highest BCUT2D eigenvalue weighted by Gasteiger charge is 2.75. The highest BCUT2D eigenvalue weighted by molar-refractivity contribution is 6.30. The lowest BCUT2D eigenvalue weighted by atomic mass is 9.70. The van der Waals surface area contributed by atoms with Gasteiger partial charge in [-0.1, -0.05) is 48.9 Å². The van der Waals surface area contributed by atoms with Crippen LogP contribution in [0.15, 0.2) is 54.6 Å². The van der Waals surface area contributed by atoms with Crippen molar-refractivity contribution in [2.24, 2.45) is 11.8 Å². The Bertz CT molecular complexity index is 1140. The summed E-state index contributed by atoms with van der Waals surface area (Å²) >= 11 is 6.00. The summed E-state index contributed by atoms with van der Waals surface area (Å²) in [4.78, 5) is 42.6. The molecule has 3 saturated heterocycles. The maximum atomic E-state index is 14.1. The molecule has 8 nitrogen and oxygen atoms in total. The lowest BCUT2D eigenvalue weighted by molar-refractivity contribution is -0.144. The molecule has 0 radical (unpaired) electrons. The first-order valence-corrected chi connectivity index (χ1v) is 12.8. The van der Waals surface area contributed by atoms with Crippen molar-refractivity contribution in [1.82, 2.24) is 10.2 Å². The Morgan fingerprint density at radius 3 is 2.56 bits per heavy atom. The molecule has 2 aromatic carbocycles. The minimum Gasteiger partial charge on any atom is -0.394 e. The molecule has 3 heterocycles. The molecule has 2 aromatic rings. The van der Waals surface area contributed by atoms with Crippen molar-refractivity contribution in [3.63, 3.8) is 0 Å². The predicted octanol–water partition coefficient (Wildman–Crippen LogP) is 2.91. The Balaban J connectivity index is 1.56. The molecule has 5 rings (SSSR count). The number of carbonyl (C=O) groups is 3. The molecule has 3 aliphatic heterocycles. The minimum absolute atomic E-state index is 0.222. The Labute approximate surface area is 215 Å². The van der Waals surface area contributed by atoms with Gasteiger partial charge >= 0.3 is 0 Å². The molecule has 2 bridgehead atoms. The van der Waals surface area contributed by atoms with Crippen LogP contribution in [0.4, 0.5) is 5.69 Å². The predicted molar refractivity (Wildman–Crippen MR) is 134 cm³/mol. The summed E-state index contributed by atoms with van der Waals surface area (Å²) in [5, 5.41) is 16.8. The fourth-order valence-corrected chi connectivity index (χ4v) is 6.29. The number of halogens is 1. The van der Waals surface area contributed by atoms with E-state index in [0.717, 1.165) is 6.42 Å². The van der Waals surface area contributed by atoms with E-state index >= 15 is 0 Å². The molecule has 2 unspecified atom stereocenters. The van der Waals surface area contributed by atoms with E-state index in [1.165, 1.54) is 4.90 Å². The lowest BCUT2D eigenvalue weighted by Gasteiger charge is -2.36. The van der Waals surface area contributed by atoms with Gasteiger partial charge in [0.15, 0.2) is 0 Å². The molecule has 3 N–H and O–H groups in total. The van der Waals surface area contributed by atoms with Gasteiger partial charge in [-0.15, -0.1) is 0 Å². The fraction of sp³-hybridized carbons (Fsp3) is 0.444. The number of fused-ring (bicyclic) bond motifs is 1. The van der Waals surface area contributed by atoms with Crippen LogP contribution in [0.5, 0.6) is 0 Å². The number of aliphatic hydroxyl groups is 1. The first-order chi connectivity index (χ1) is 17.4. The number of ether oxygens (including phenoxy) is 1. The van der Waals surface area contributed by atoms with Crippen LogP contribution in [-0.2, 0) is 19.1 Å². The summed E-state index contributed by atoms with van der Waals surface area (Å²) in [6, 6.07) is 14.1. The molecular formula is C27H30ClN3O5. The van der Waals surface area contributed by atoms with Gasteiger partial charge in [0.1, 0.15) is 11.6 Å². The van der Waals surface area contributed by atoms with Crippen molar-refractivity contribution in [1.29, 1.82) is 0 Å². The molecule has 0 saturated carbocycles. The third-order valence-corrected chi connectivity index (χ3v) is 7.90. The van der Waals surface area contributed by atoms with E-state index in [1.54, 1.807) is 24.3 Å². The molecule has 6 atom stereocenters. The highest BCUT2D eigenvalue weighted by atomic mass is 35.5. The number of hydrogen-bond acceptors (Lipinski definition) is 5. The van der Waals surface area contributed by atoms with Crippen LogP contribution in [-0.4, -0.2) is 58.6 Å². The van der Waals surface area contributed by atoms with E-state index in [4.69, 9.17) is 16.3 Å². The van der Waals surface area contributed by atoms with E-state index in [1.807, 2.05) is 37.3 Å². The van der Waals surface area contributed by atoms with E-state index in [-0.39, 0.29) is 18.4 Å². The maximum Gasteiger partial charge on any atom is 0.250 e. The Morgan fingerprint density at radius 1 is 1.17 bits per heavy atom. The Morgan fingerprint density at radius 2 is 1.89 bits per heavy atom. The Kier molecular flexibility index (Phi) is 6.76. The Hall–Kier alpha value is -2.94. The zero-order valence-corrected chi connectivity index (χ0v) is 20.8. The molecule has 36 heavy (non-hydrogen) atoms. The molecule has 9 heteroatoms. The molecule has 190 valence electrons. The van der Waals surface area contributed by atoms with Gasteiger partial charge in [0, 0.05) is 17.3 Å². The number of nitrogens with one attached hydrogen (secondary N) is 2. The van der Waals surface area contributed by atoms with Crippen LogP contribution >= 0.6 is 11.6 Å². The number of likely N-dealkylation sites (tertiary alicyclic amines) is 1. The summed E-state index contributed by atoms with van der Waals surface area (Å²) in [7, 11) is 0. The van der Waals surface area contributed by atoms with Gasteiger partial charge in [-0.05, 0) is 49.1 Å². The van der Waals surface area contributed by atoms with Gasteiger partial charge in [-0.2, -0.15) is 0 Å². The maximum absolute atomic E-state index is 14.1. The average molecular weight is 512 g/mol. The summed E-state index contributed by atoms with van der Waals surface area (Å²) in [5.41, 5.74) is 0.0894. The van der Waals surface area contributed by atoms with Gasteiger partial charge in [0.25, 0.3) is 0 Å². The smallest absolute Gasteiger partial charge is 0.250 e. The second kappa shape index (κ2) is 9.84. The van der Waals surface area contributed by atoms with Crippen LogP contribution in [0.25, 0.3) is 0 Å². The summed E-state index contributed by atoms with van der Waals surface area (Å²) in [6.45, 7) is 2.09. The number of aliphatic hydroxyl groups excluding tert-OH is 1. The second-order valence-corrected chi connectivity index (χ2v) is 10.1. The van der Waals surface area contributed by atoms with Crippen LogP contribution in [0, 0.1) is 11.8 Å². The number of rotatable bonds is 8. The number of benzene rings is 2. The molecular weight excluding hydrogens is 482 g/mol. The largest absolute Gasteiger partial charge is 0.394 e. The highest BCUT2D eigenvalue weighted by Crippen LogP contribution is 2.59. The van der Waals surface area contributed by atoms with Crippen molar-refractivity contribution in [3.05, 3.63) is 65.2 Å². The third kappa shape index (κ3) is 3.97. The third-order valence-electron chi connectivity index (χ3n) is 7.64. The van der Waals surface area contributed by atoms with Gasteiger partial charge in [0.2, 0.25) is 17.7 Å². The van der Waals surface area contributed by atoms with Crippen LogP contribution in [0.2, 0.25) is 5.02 Å². The fourth-order valence-electron chi connectivity index (χ4n) is 6.17. The van der Waals surface area contributed by atoms with E-state index < -0.39 is 41.5 Å². The first kappa shape index (κ1) is 24.7. The van der Waals surface area contributed by atoms with Crippen molar-refractivity contribution < 1.29 is 24.2 Å².